The van der Waals surface area contributed by atoms with Crippen LogP contribution < -0.4 is 10.1 Å². The van der Waals surface area contributed by atoms with Crippen molar-refractivity contribution in [2.24, 2.45) is 5.92 Å². The number of likely N-dealkylation sites (N-methyl/N-ethyl adjacent to an activating group) is 1. The molecule has 5 rings (SSSR count). The van der Waals surface area contributed by atoms with Gasteiger partial charge >= 0.3 is 5.92 Å². The molecule has 4 aromatic carbocycles. The summed E-state index contributed by atoms with van der Waals surface area (Å²) in [5, 5.41) is 12.3. The van der Waals surface area contributed by atoms with Crippen molar-refractivity contribution in [3.8, 4) is 5.75 Å². The van der Waals surface area contributed by atoms with Crippen molar-refractivity contribution < 1.29 is 28.2 Å². The highest BCUT2D eigenvalue weighted by atomic mass is 32.2. The number of fused-ring (bicyclic) bond motifs is 1. The number of benzene rings is 4. The maximum absolute atomic E-state index is 15.2. The number of anilines is 1. The standard InChI is InChI=1S/C37H39F2N3O4S/c1-25-21-42(26(2)24-43)35(44)31-15-10-16-32(40-36(45)37(38,39)28-11-6-4-7-12-28)34(31)46-33(25)23-41(3)22-27-17-19-30(20-18-27)47-29-13-8-5-9-14-29/h4-20,25-26,33,43H,21-24H2,1-3H3,(H,40,45)/t25-,26+,33-/m1/s1. The molecule has 0 aromatic heterocycles. The van der Waals surface area contributed by atoms with Gasteiger partial charge in [0.15, 0.2) is 5.75 Å². The Kier molecular flexibility index (Phi) is 11.0. The molecule has 0 radical (unpaired) electrons. The fraction of sp³-hybridized carbons (Fsp3) is 0.297. The largest absolute Gasteiger partial charge is 0.486 e. The van der Waals surface area contributed by atoms with Crippen LogP contribution in [-0.4, -0.2) is 65.6 Å². The van der Waals surface area contributed by atoms with Crippen LogP contribution in [0, 0.1) is 5.92 Å². The predicted molar refractivity (Wildman–Crippen MR) is 180 cm³/mol. The smallest absolute Gasteiger partial charge is 0.350 e. The van der Waals surface area contributed by atoms with Crippen molar-refractivity contribution in [1.29, 1.82) is 0 Å². The highest BCUT2D eigenvalue weighted by Crippen LogP contribution is 2.37. The summed E-state index contributed by atoms with van der Waals surface area (Å²) in [5.74, 6) is -5.96. The molecule has 3 atom stereocenters. The highest BCUT2D eigenvalue weighted by Gasteiger charge is 2.42. The number of amides is 2. The number of halogens is 2. The number of hydrogen-bond acceptors (Lipinski definition) is 6. The van der Waals surface area contributed by atoms with Crippen LogP contribution in [0.25, 0.3) is 0 Å². The maximum atomic E-state index is 15.2. The van der Waals surface area contributed by atoms with E-state index in [0.29, 0.717) is 19.6 Å². The Morgan fingerprint density at radius 1 is 1.00 bits per heavy atom. The number of aliphatic hydroxyl groups is 1. The number of carbonyl (C=O) groups is 2. The molecule has 1 aliphatic heterocycles. The third kappa shape index (κ3) is 8.19. The summed E-state index contributed by atoms with van der Waals surface area (Å²) in [6.07, 6.45) is -0.485. The van der Waals surface area contributed by atoms with Gasteiger partial charge in [0.05, 0.1) is 23.9 Å². The molecular formula is C37H39F2N3O4S. The molecule has 2 N–H and O–H groups in total. The van der Waals surface area contributed by atoms with Crippen molar-refractivity contribution in [2.45, 2.75) is 48.3 Å². The first-order chi connectivity index (χ1) is 22.6. The normalized spacial score (nSPS) is 17.3. The number of nitrogens with one attached hydrogen (secondary N) is 1. The van der Waals surface area contributed by atoms with Crippen LogP contribution in [0.5, 0.6) is 5.75 Å². The third-order valence-electron chi connectivity index (χ3n) is 8.21. The highest BCUT2D eigenvalue weighted by molar-refractivity contribution is 7.99. The van der Waals surface area contributed by atoms with Crippen LogP contribution in [0.4, 0.5) is 14.5 Å². The Bertz CT molecular complexity index is 1660. The van der Waals surface area contributed by atoms with E-state index < -0.39 is 35.4 Å². The first-order valence-corrected chi connectivity index (χ1v) is 16.3. The molecule has 10 heteroatoms. The summed E-state index contributed by atoms with van der Waals surface area (Å²) in [5.41, 5.74) is 0.750. The number of rotatable bonds is 11. The van der Waals surface area contributed by atoms with Crippen LogP contribution in [0.15, 0.2) is 113 Å². The second kappa shape index (κ2) is 15.1. The Hall–Kier alpha value is -4.25. The number of aliphatic hydroxyl groups excluding tert-OH is 1. The summed E-state index contributed by atoms with van der Waals surface area (Å²) >= 11 is 1.69. The van der Waals surface area contributed by atoms with E-state index in [0.717, 1.165) is 15.4 Å². The molecule has 7 nitrogen and oxygen atoms in total. The minimum absolute atomic E-state index is 0.0251. The quantitative estimate of drug-likeness (QED) is 0.182. The minimum Gasteiger partial charge on any atom is -0.486 e. The van der Waals surface area contributed by atoms with Gasteiger partial charge < -0.3 is 20.1 Å². The molecular weight excluding hydrogens is 620 g/mol. The predicted octanol–water partition coefficient (Wildman–Crippen LogP) is 6.92. The van der Waals surface area contributed by atoms with Crippen molar-refractivity contribution in [1.82, 2.24) is 9.80 Å². The molecule has 2 amide bonds. The van der Waals surface area contributed by atoms with E-state index in [4.69, 9.17) is 4.74 Å². The fourth-order valence-corrected chi connectivity index (χ4v) is 6.35. The van der Waals surface area contributed by atoms with Crippen LogP contribution in [0.3, 0.4) is 0 Å². The molecule has 1 aliphatic rings. The van der Waals surface area contributed by atoms with E-state index in [-0.39, 0.29) is 29.5 Å². The van der Waals surface area contributed by atoms with Crippen LogP contribution in [0.1, 0.15) is 35.3 Å². The minimum atomic E-state index is -3.82. The molecule has 0 saturated heterocycles. The zero-order valence-corrected chi connectivity index (χ0v) is 27.4. The second-order valence-electron chi connectivity index (χ2n) is 12.0. The maximum Gasteiger partial charge on any atom is 0.350 e. The van der Waals surface area contributed by atoms with Gasteiger partial charge in [0.1, 0.15) is 6.10 Å². The van der Waals surface area contributed by atoms with Crippen LogP contribution >= 0.6 is 11.8 Å². The lowest BCUT2D eigenvalue weighted by Gasteiger charge is -2.38. The number of hydrogen-bond donors (Lipinski definition) is 2. The van der Waals surface area contributed by atoms with Gasteiger partial charge in [0.25, 0.3) is 11.8 Å². The fourth-order valence-electron chi connectivity index (χ4n) is 5.51. The van der Waals surface area contributed by atoms with E-state index in [2.05, 4.69) is 46.6 Å². The van der Waals surface area contributed by atoms with Crippen molar-refractivity contribution in [3.63, 3.8) is 0 Å². The Morgan fingerprint density at radius 2 is 1.64 bits per heavy atom. The number of para-hydroxylation sites is 1. The molecule has 0 saturated carbocycles. The van der Waals surface area contributed by atoms with Crippen LogP contribution in [-0.2, 0) is 17.3 Å². The van der Waals surface area contributed by atoms with Gasteiger partial charge in [-0.05, 0) is 55.9 Å². The van der Waals surface area contributed by atoms with Gasteiger partial charge in [-0.25, -0.2) is 0 Å². The molecule has 0 spiro atoms. The van der Waals surface area contributed by atoms with Crippen molar-refractivity contribution in [2.75, 3.05) is 32.1 Å². The van der Waals surface area contributed by atoms with E-state index in [1.807, 2.05) is 32.2 Å². The number of nitrogens with zero attached hydrogens (tertiary/aromatic N) is 2. The van der Waals surface area contributed by atoms with Crippen molar-refractivity contribution >= 4 is 29.3 Å². The topological polar surface area (TPSA) is 82.1 Å². The summed E-state index contributed by atoms with van der Waals surface area (Å²) in [4.78, 5) is 32.7. The number of carbonyl (C=O) groups excluding carboxylic acids is 2. The van der Waals surface area contributed by atoms with Crippen molar-refractivity contribution in [3.05, 3.63) is 120 Å². The molecule has 1 heterocycles. The van der Waals surface area contributed by atoms with E-state index >= 15 is 8.78 Å². The lowest BCUT2D eigenvalue weighted by Crippen LogP contribution is -2.49. The van der Waals surface area contributed by atoms with Gasteiger partial charge in [-0.15, -0.1) is 0 Å². The molecule has 0 bridgehead atoms. The first-order valence-electron chi connectivity index (χ1n) is 15.5. The van der Waals surface area contributed by atoms with Gasteiger partial charge in [-0.2, -0.15) is 8.78 Å². The molecule has 0 fully saturated rings. The first kappa shape index (κ1) is 34.1. The number of alkyl halides is 2. The van der Waals surface area contributed by atoms with Gasteiger partial charge in [-0.3, -0.25) is 14.5 Å². The molecule has 0 unspecified atom stereocenters. The molecule has 4 aromatic rings. The lowest BCUT2D eigenvalue weighted by molar-refractivity contribution is -0.140. The summed E-state index contributed by atoms with van der Waals surface area (Å²) in [6, 6.07) is 29.4. The summed E-state index contributed by atoms with van der Waals surface area (Å²) in [6.45, 7) is 4.82. The Labute approximate surface area is 278 Å². The molecule has 0 aliphatic carbocycles. The van der Waals surface area contributed by atoms with E-state index in [1.54, 1.807) is 35.7 Å². The Balaban J connectivity index is 1.38. The zero-order chi connectivity index (χ0) is 33.6. The monoisotopic (exact) mass is 659 g/mol. The summed E-state index contributed by atoms with van der Waals surface area (Å²) < 4.78 is 36.9. The average Bonchev–Trinajstić information content (AvgIpc) is 3.08. The van der Waals surface area contributed by atoms with E-state index in [1.165, 1.54) is 36.4 Å². The van der Waals surface area contributed by atoms with Gasteiger partial charge in [0.2, 0.25) is 0 Å². The molecule has 47 heavy (non-hydrogen) atoms. The number of ether oxygens (including phenoxy) is 1. The Morgan fingerprint density at radius 3 is 2.30 bits per heavy atom. The average molecular weight is 660 g/mol. The SMILES string of the molecule is C[C@@H]1CN([C@@H](C)CO)C(=O)c2cccc(NC(=O)C(F)(F)c3ccccc3)c2O[C@@H]1CN(C)Cc1ccc(Sc2ccccc2)cc1. The second-order valence-corrected chi connectivity index (χ2v) is 13.1. The zero-order valence-electron chi connectivity index (χ0n) is 26.6. The third-order valence-corrected chi connectivity index (χ3v) is 9.22. The van der Waals surface area contributed by atoms with E-state index in [9.17, 15) is 14.7 Å². The van der Waals surface area contributed by atoms with Crippen LogP contribution in [0.2, 0.25) is 0 Å². The molecule has 246 valence electrons. The summed E-state index contributed by atoms with van der Waals surface area (Å²) in [7, 11) is 1.97. The van der Waals surface area contributed by atoms with Gasteiger partial charge in [0, 0.05) is 40.9 Å². The lowest BCUT2D eigenvalue weighted by atomic mass is 9.98. The van der Waals surface area contributed by atoms with Gasteiger partial charge in [-0.1, -0.05) is 85.4 Å².